The highest BCUT2D eigenvalue weighted by atomic mass is 19.4. The van der Waals surface area contributed by atoms with E-state index in [1.165, 1.54) is 0 Å². The molecule has 1 aliphatic carbocycles. The molecule has 0 amide bonds. The molecule has 0 N–H and O–H groups in total. The fraction of sp³-hybridized carbons (Fsp3) is 0.600. The van der Waals surface area contributed by atoms with Crippen LogP contribution in [0.25, 0.3) is 0 Å². The van der Waals surface area contributed by atoms with Gasteiger partial charge in [0.05, 0.1) is 0 Å². The lowest BCUT2D eigenvalue weighted by molar-refractivity contribution is -0.276. The van der Waals surface area contributed by atoms with Gasteiger partial charge in [0.25, 0.3) is 0 Å². The third kappa shape index (κ3) is 6.29. The predicted molar refractivity (Wildman–Crippen MR) is 91.0 cm³/mol. The molecule has 0 aromatic heterocycles. The molecule has 0 unspecified atom stereocenters. The summed E-state index contributed by atoms with van der Waals surface area (Å²) in [6.45, 7) is 2.14. The van der Waals surface area contributed by atoms with Crippen molar-refractivity contribution < 1.29 is 26.7 Å². The van der Waals surface area contributed by atoms with Crippen LogP contribution in [0.1, 0.15) is 69.8 Å². The molecule has 1 saturated carbocycles. The maximum Gasteiger partial charge on any atom is 0.573 e. The van der Waals surface area contributed by atoms with Crippen molar-refractivity contribution in [2.75, 3.05) is 0 Å². The highest BCUT2D eigenvalue weighted by molar-refractivity contribution is 5.33. The van der Waals surface area contributed by atoms with Crippen molar-refractivity contribution in [3.63, 3.8) is 0 Å². The molecule has 1 aromatic rings. The molecule has 0 radical (unpaired) electrons. The third-order valence-electron chi connectivity index (χ3n) is 4.92. The van der Waals surface area contributed by atoms with Gasteiger partial charge in [0, 0.05) is 0 Å². The Morgan fingerprint density at radius 1 is 1.00 bits per heavy atom. The first kappa shape index (κ1) is 20.7. The van der Waals surface area contributed by atoms with Crippen molar-refractivity contribution in [1.29, 1.82) is 0 Å². The molecule has 1 nitrogen and oxygen atoms in total. The molecule has 0 atom stereocenters. The van der Waals surface area contributed by atoms with Crippen molar-refractivity contribution in [1.82, 2.24) is 0 Å². The summed E-state index contributed by atoms with van der Waals surface area (Å²) in [7, 11) is 0. The Kier molecular flexibility index (Phi) is 7.47. The normalized spacial score (nSPS) is 21.3. The van der Waals surface area contributed by atoms with Crippen molar-refractivity contribution in [2.45, 2.75) is 70.6 Å². The Hall–Kier alpha value is -1.59. The largest absolute Gasteiger partial charge is 0.573 e. The quantitative estimate of drug-likeness (QED) is 0.359. The van der Waals surface area contributed by atoms with E-state index >= 15 is 0 Å². The third-order valence-corrected chi connectivity index (χ3v) is 4.92. The summed E-state index contributed by atoms with van der Waals surface area (Å²) in [5.74, 6) is -3.42. The van der Waals surface area contributed by atoms with Crippen molar-refractivity contribution >= 4 is 0 Å². The molecule has 6 heteroatoms. The lowest BCUT2D eigenvalue weighted by Crippen LogP contribution is -2.19. The number of unbranched alkanes of at least 4 members (excludes halogenated alkanes) is 1. The van der Waals surface area contributed by atoms with Crippen LogP contribution in [0.15, 0.2) is 24.3 Å². The van der Waals surface area contributed by atoms with Gasteiger partial charge in [0.2, 0.25) is 5.75 Å². The van der Waals surface area contributed by atoms with Crippen LogP contribution < -0.4 is 4.74 Å². The van der Waals surface area contributed by atoms with E-state index in [0.29, 0.717) is 11.5 Å². The zero-order valence-electron chi connectivity index (χ0n) is 14.9. The van der Waals surface area contributed by atoms with E-state index in [1.807, 2.05) is 0 Å². The zero-order chi connectivity index (χ0) is 19.2. The highest BCUT2D eigenvalue weighted by Gasteiger charge is 2.34. The summed E-state index contributed by atoms with van der Waals surface area (Å²) in [6, 6.07) is 1.95. The molecular formula is C20H25F5O. The standard InChI is InChI=1S/C20H25F5O/c1-2-3-4-5-6-7-14-8-10-15(11-9-14)16-12-17(21)19(18(22)13-16)26-20(23,24)25/h4-5,12-15H,2-3,6-11H2,1H3/b5-4+/t14-,15-. The molecule has 0 spiro atoms. The lowest BCUT2D eigenvalue weighted by Gasteiger charge is -2.29. The van der Waals surface area contributed by atoms with Gasteiger partial charge < -0.3 is 4.74 Å². The monoisotopic (exact) mass is 376 g/mol. The summed E-state index contributed by atoms with van der Waals surface area (Å²) in [5.41, 5.74) is 0.413. The van der Waals surface area contributed by atoms with Gasteiger partial charge in [-0.15, -0.1) is 13.2 Å². The number of hydrogen-bond acceptors (Lipinski definition) is 1. The number of rotatable bonds is 7. The van der Waals surface area contributed by atoms with Gasteiger partial charge in [-0.3, -0.25) is 0 Å². The van der Waals surface area contributed by atoms with Crippen molar-refractivity contribution in [3.8, 4) is 5.75 Å². The molecule has 26 heavy (non-hydrogen) atoms. The SMILES string of the molecule is CCC/C=C/CC[C@H]1CC[C@H](c2cc(F)c(OC(F)(F)F)c(F)c2)CC1. The summed E-state index contributed by atoms with van der Waals surface area (Å²) >= 11 is 0. The van der Waals surface area contributed by atoms with E-state index in [4.69, 9.17) is 0 Å². The first-order valence-corrected chi connectivity index (χ1v) is 9.19. The zero-order valence-corrected chi connectivity index (χ0v) is 14.9. The van der Waals surface area contributed by atoms with Crippen LogP contribution in [0.4, 0.5) is 22.0 Å². The minimum atomic E-state index is -5.12. The number of alkyl halides is 3. The molecular weight excluding hydrogens is 351 g/mol. The number of halogens is 5. The number of allylic oxidation sites excluding steroid dienone is 2. The molecule has 2 rings (SSSR count). The van der Waals surface area contributed by atoms with E-state index in [0.717, 1.165) is 63.5 Å². The summed E-state index contributed by atoms with van der Waals surface area (Å²) in [5, 5.41) is 0. The summed E-state index contributed by atoms with van der Waals surface area (Å²) < 4.78 is 67.8. The number of hydrogen-bond donors (Lipinski definition) is 0. The summed E-state index contributed by atoms with van der Waals surface area (Å²) in [6.07, 6.45) is 7.19. The minimum Gasteiger partial charge on any atom is -0.399 e. The first-order chi connectivity index (χ1) is 12.3. The minimum absolute atomic E-state index is 0.0224. The van der Waals surface area contributed by atoms with Crippen LogP contribution in [-0.2, 0) is 0 Å². The average molecular weight is 376 g/mol. The first-order valence-electron chi connectivity index (χ1n) is 9.19. The van der Waals surface area contributed by atoms with Gasteiger partial charge in [0.15, 0.2) is 11.6 Å². The Morgan fingerprint density at radius 2 is 1.58 bits per heavy atom. The fourth-order valence-electron chi connectivity index (χ4n) is 3.55. The van der Waals surface area contributed by atoms with Gasteiger partial charge in [-0.05, 0) is 74.5 Å². The smallest absolute Gasteiger partial charge is 0.399 e. The predicted octanol–water partition coefficient (Wildman–Crippen LogP) is 7.27. The fourth-order valence-corrected chi connectivity index (χ4v) is 3.55. The Balaban J connectivity index is 1.91. The Bertz CT molecular complexity index is 578. The van der Waals surface area contributed by atoms with Gasteiger partial charge >= 0.3 is 6.36 Å². The Morgan fingerprint density at radius 3 is 2.12 bits per heavy atom. The van der Waals surface area contributed by atoms with Crippen LogP contribution in [-0.4, -0.2) is 6.36 Å². The maximum atomic E-state index is 13.9. The maximum absolute atomic E-state index is 13.9. The molecule has 0 aliphatic heterocycles. The van der Waals surface area contributed by atoms with Crippen LogP contribution >= 0.6 is 0 Å². The second-order valence-corrected chi connectivity index (χ2v) is 6.92. The van der Waals surface area contributed by atoms with Gasteiger partial charge in [0.1, 0.15) is 0 Å². The molecule has 0 saturated heterocycles. The van der Waals surface area contributed by atoms with Crippen molar-refractivity contribution in [2.24, 2.45) is 5.92 Å². The average Bonchev–Trinajstić information content (AvgIpc) is 2.57. The molecule has 0 bridgehead atoms. The molecule has 146 valence electrons. The van der Waals surface area contributed by atoms with E-state index in [1.54, 1.807) is 0 Å². The second-order valence-electron chi connectivity index (χ2n) is 6.92. The number of benzene rings is 1. The van der Waals surface area contributed by atoms with E-state index in [-0.39, 0.29) is 5.92 Å². The van der Waals surface area contributed by atoms with Gasteiger partial charge in [-0.1, -0.05) is 25.5 Å². The highest BCUT2D eigenvalue weighted by Crippen LogP contribution is 2.39. The topological polar surface area (TPSA) is 9.23 Å². The van der Waals surface area contributed by atoms with Gasteiger partial charge in [-0.2, -0.15) is 0 Å². The molecule has 1 aromatic carbocycles. The van der Waals surface area contributed by atoms with Crippen LogP contribution in [0, 0.1) is 17.6 Å². The second kappa shape index (κ2) is 9.38. The van der Waals surface area contributed by atoms with Crippen LogP contribution in [0.3, 0.4) is 0 Å². The molecule has 1 aliphatic rings. The van der Waals surface area contributed by atoms with Crippen LogP contribution in [0.5, 0.6) is 5.75 Å². The molecule has 1 fully saturated rings. The molecule has 0 heterocycles. The van der Waals surface area contributed by atoms with E-state index < -0.39 is 23.7 Å². The lowest BCUT2D eigenvalue weighted by atomic mass is 9.77. The van der Waals surface area contributed by atoms with Crippen LogP contribution in [0.2, 0.25) is 0 Å². The van der Waals surface area contributed by atoms with Crippen molar-refractivity contribution in [3.05, 3.63) is 41.5 Å². The number of ether oxygens (including phenoxy) is 1. The van der Waals surface area contributed by atoms with E-state index in [2.05, 4.69) is 23.8 Å². The summed E-state index contributed by atoms with van der Waals surface area (Å²) in [4.78, 5) is 0. The van der Waals surface area contributed by atoms with E-state index in [9.17, 15) is 22.0 Å². The van der Waals surface area contributed by atoms with Gasteiger partial charge in [-0.25, -0.2) is 8.78 Å². The Labute approximate surface area is 151 Å².